The van der Waals surface area contributed by atoms with Crippen LogP contribution in [-0.2, 0) is 29.7 Å². The van der Waals surface area contributed by atoms with E-state index >= 15 is 0 Å². The Hall–Kier alpha value is -2.75. The summed E-state index contributed by atoms with van der Waals surface area (Å²) < 4.78 is 5.04. The van der Waals surface area contributed by atoms with Gasteiger partial charge in [0, 0.05) is 31.1 Å². The van der Waals surface area contributed by atoms with Crippen LogP contribution >= 0.6 is 11.8 Å². The first-order valence-corrected chi connectivity index (χ1v) is 8.64. The Morgan fingerprint density at radius 2 is 1.92 bits per heavy atom. The van der Waals surface area contributed by atoms with Crippen LogP contribution in [0.4, 0.5) is 10.5 Å². The number of benzene rings is 1. The van der Waals surface area contributed by atoms with Crippen molar-refractivity contribution < 1.29 is 28.8 Å². The lowest BCUT2D eigenvalue weighted by Crippen LogP contribution is -2.32. The fourth-order valence-electron chi connectivity index (χ4n) is 2.25. The van der Waals surface area contributed by atoms with E-state index in [-0.39, 0.29) is 23.6 Å². The fourth-order valence-corrected chi connectivity index (χ4v) is 2.80. The Bertz CT molecular complexity index is 749. The maximum atomic E-state index is 11.8. The molecule has 1 unspecified atom stereocenters. The van der Waals surface area contributed by atoms with E-state index < -0.39 is 24.1 Å². The minimum atomic E-state index is -1.25. The molecule has 138 valence electrons. The van der Waals surface area contributed by atoms with Gasteiger partial charge in [0.1, 0.15) is 11.8 Å². The molecule has 1 fully saturated rings. The number of imide groups is 1. The summed E-state index contributed by atoms with van der Waals surface area (Å²) in [4.78, 5) is 61.4. The molecule has 1 aliphatic rings. The third-order valence-electron chi connectivity index (χ3n) is 3.51. The zero-order valence-electron chi connectivity index (χ0n) is 14.1. The van der Waals surface area contributed by atoms with Gasteiger partial charge in [0.2, 0.25) is 0 Å². The predicted molar refractivity (Wildman–Crippen MR) is 90.9 cm³/mol. The number of ether oxygens (including phenoxy) is 1. The van der Waals surface area contributed by atoms with Crippen LogP contribution in [0.2, 0.25) is 0 Å². The molecule has 1 saturated heterocycles. The lowest BCUT2D eigenvalue weighted by molar-refractivity contribution is -0.178. The van der Waals surface area contributed by atoms with E-state index in [0.29, 0.717) is 16.4 Å². The second kappa shape index (κ2) is 8.56. The smallest absolute Gasteiger partial charge is 0.425 e. The zero-order valence-corrected chi connectivity index (χ0v) is 14.9. The van der Waals surface area contributed by atoms with Crippen LogP contribution in [-0.4, -0.2) is 28.1 Å². The minimum absolute atomic E-state index is 0.0310. The van der Waals surface area contributed by atoms with Crippen LogP contribution < -0.4 is 0 Å². The summed E-state index contributed by atoms with van der Waals surface area (Å²) in [6.07, 6.45) is -2.24. The SMILES string of the molecule is CC(=O)SCc1ccc(N=O)c(C(C)OC(=O)ON2C(=O)CCC2=O)c1. The van der Waals surface area contributed by atoms with Gasteiger partial charge >= 0.3 is 6.16 Å². The number of carbonyl (C=O) groups excluding carboxylic acids is 4. The van der Waals surface area contributed by atoms with Crippen LogP contribution in [0.25, 0.3) is 0 Å². The average Bonchev–Trinajstić information content (AvgIpc) is 2.91. The third kappa shape index (κ3) is 4.88. The number of nitroso groups, excluding NO2 is 1. The molecule has 9 nitrogen and oxygen atoms in total. The first-order chi connectivity index (χ1) is 12.3. The highest BCUT2D eigenvalue weighted by atomic mass is 32.2. The van der Waals surface area contributed by atoms with Crippen LogP contribution in [0.3, 0.4) is 0 Å². The van der Waals surface area contributed by atoms with E-state index in [1.54, 1.807) is 12.1 Å². The number of thioether (sulfide) groups is 1. The van der Waals surface area contributed by atoms with Gasteiger partial charge in [-0.05, 0) is 29.8 Å². The molecule has 0 radical (unpaired) electrons. The summed E-state index contributed by atoms with van der Waals surface area (Å²) >= 11 is 1.09. The number of carbonyl (C=O) groups is 4. The molecule has 0 spiro atoms. The standard InChI is InChI=1S/C16H16N2O7S/c1-9(24-16(22)25-18-14(20)5-6-15(18)21)12-7-11(8-26-10(2)19)3-4-13(12)17-23/h3-4,7,9H,5-6,8H2,1-2H3. The molecule has 1 atom stereocenters. The minimum Gasteiger partial charge on any atom is -0.425 e. The molecule has 0 aromatic heterocycles. The Kier molecular flexibility index (Phi) is 6.45. The van der Waals surface area contributed by atoms with Crippen molar-refractivity contribution in [2.75, 3.05) is 0 Å². The van der Waals surface area contributed by atoms with Gasteiger partial charge in [-0.15, -0.1) is 4.91 Å². The number of nitrogens with zero attached hydrogens (tertiary/aromatic N) is 2. The van der Waals surface area contributed by atoms with Gasteiger partial charge < -0.3 is 4.74 Å². The van der Waals surface area contributed by atoms with Gasteiger partial charge in [-0.3, -0.25) is 19.2 Å². The van der Waals surface area contributed by atoms with Crippen molar-refractivity contribution in [3.05, 3.63) is 34.2 Å². The average molecular weight is 380 g/mol. The van der Waals surface area contributed by atoms with E-state index in [2.05, 4.69) is 10.0 Å². The van der Waals surface area contributed by atoms with Crippen molar-refractivity contribution in [3.8, 4) is 0 Å². The maximum absolute atomic E-state index is 11.8. The summed E-state index contributed by atoms with van der Waals surface area (Å²) in [5, 5.41) is 3.20. The molecule has 1 aromatic rings. The molecule has 10 heteroatoms. The largest absolute Gasteiger partial charge is 0.534 e. The molecular weight excluding hydrogens is 364 g/mol. The zero-order chi connectivity index (χ0) is 19.3. The molecule has 0 N–H and O–H groups in total. The number of hydroxylamine groups is 2. The highest BCUT2D eigenvalue weighted by Crippen LogP contribution is 2.30. The third-order valence-corrected chi connectivity index (χ3v) is 4.40. The predicted octanol–water partition coefficient (Wildman–Crippen LogP) is 3.14. The molecule has 1 heterocycles. The van der Waals surface area contributed by atoms with E-state index in [9.17, 15) is 24.1 Å². The summed E-state index contributed by atoms with van der Waals surface area (Å²) in [5.74, 6) is -0.869. The number of hydrogen-bond donors (Lipinski definition) is 0. The number of hydrogen-bond acceptors (Lipinski definition) is 9. The Morgan fingerprint density at radius 1 is 1.27 bits per heavy atom. The summed E-state index contributed by atoms with van der Waals surface area (Å²) in [6.45, 7) is 2.93. The van der Waals surface area contributed by atoms with Crippen molar-refractivity contribution in [1.82, 2.24) is 5.06 Å². The van der Waals surface area contributed by atoms with Gasteiger partial charge in [-0.1, -0.05) is 22.9 Å². The van der Waals surface area contributed by atoms with Gasteiger partial charge in [0.25, 0.3) is 11.8 Å². The Morgan fingerprint density at radius 3 is 2.50 bits per heavy atom. The van der Waals surface area contributed by atoms with Crippen molar-refractivity contribution >= 4 is 40.5 Å². The summed E-state index contributed by atoms with van der Waals surface area (Å²) in [7, 11) is 0. The fraction of sp³-hybridized carbons (Fsp3) is 0.375. The van der Waals surface area contributed by atoms with Crippen LogP contribution in [0.5, 0.6) is 0 Å². The molecule has 1 aromatic carbocycles. The first-order valence-electron chi connectivity index (χ1n) is 7.65. The molecular formula is C16H16N2O7S. The molecule has 0 bridgehead atoms. The summed E-state index contributed by atoms with van der Waals surface area (Å²) in [5.41, 5.74) is 1.12. The number of amides is 2. The number of rotatable bonds is 6. The van der Waals surface area contributed by atoms with Crippen LogP contribution in [0.15, 0.2) is 23.4 Å². The first kappa shape index (κ1) is 19.6. The summed E-state index contributed by atoms with van der Waals surface area (Å²) in [6, 6.07) is 4.69. The monoisotopic (exact) mass is 380 g/mol. The highest BCUT2D eigenvalue weighted by molar-refractivity contribution is 8.12. The van der Waals surface area contributed by atoms with Crippen LogP contribution in [0, 0.1) is 4.91 Å². The quantitative estimate of drug-likeness (QED) is 0.419. The van der Waals surface area contributed by atoms with Crippen molar-refractivity contribution in [1.29, 1.82) is 0 Å². The lowest BCUT2D eigenvalue weighted by atomic mass is 10.1. The van der Waals surface area contributed by atoms with E-state index in [0.717, 1.165) is 17.3 Å². The van der Waals surface area contributed by atoms with E-state index in [1.807, 2.05) is 0 Å². The van der Waals surface area contributed by atoms with E-state index in [1.165, 1.54) is 19.9 Å². The van der Waals surface area contributed by atoms with Crippen molar-refractivity contribution in [2.45, 2.75) is 38.5 Å². The van der Waals surface area contributed by atoms with Crippen molar-refractivity contribution in [3.63, 3.8) is 0 Å². The van der Waals surface area contributed by atoms with E-state index in [4.69, 9.17) is 4.74 Å². The Balaban J connectivity index is 2.08. The molecule has 2 amide bonds. The highest BCUT2D eigenvalue weighted by Gasteiger charge is 2.34. The second-order valence-electron chi connectivity index (χ2n) is 5.45. The molecule has 0 saturated carbocycles. The topological polar surface area (TPSA) is 119 Å². The van der Waals surface area contributed by atoms with Crippen molar-refractivity contribution in [2.24, 2.45) is 5.18 Å². The molecule has 0 aliphatic carbocycles. The van der Waals surface area contributed by atoms with Gasteiger partial charge in [0.05, 0.1) is 0 Å². The molecule has 26 heavy (non-hydrogen) atoms. The molecule has 2 rings (SSSR count). The van der Waals surface area contributed by atoms with Gasteiger partial charge in [-0.25, -0.2) is 4.79 Å². The van der Waals surface area contributed by atoms with Crippen LogP contribution in [0.1, 0.15) is 43.9 Å². The van der Waals surface area contributed by atoms with Gasteiger partial charge in [-0.2, -0.15) is 0 Å². The van der Waals surface area contributed by atoms with Gasteiger partial charge in [0.15, 0.2) is 5.12 Å². The maximum Gasteiger partial charge on any atom is 0.534 e. The Labute approximate surface area is 152 Å². The lowest BCUT2D eigenvalue weighted by Gasteiger charge is -2.17. The second-order valence-corrected chi connectivity index (χ2v) is 6.60. The normalized spacial score (nSPS) is 14.9. The molecule has 1 aliphatic heterocycles.